The third-order valence-corrected chi connectivity index (χ3v) is 2.79. The number of carbonyl (C=O) groups is 1. The number of nitrogens with zero attached hydrogens (tertiary/aromatic N) is 1. The highest BCUT2D eigenvalue weighted by molar-refractivity contribution is 5.81. The molecule has 0 aliphatic rings. The summed E-state index contributed by atoms with van der Waals surface area (Å²) in [5, 5.41) is 2.89. The molecule has 0 saturated carbocycles. The summed E-state index contributed by atoms with van der Waals surface area (Å²) in [6.07, 6.45) is 0.958. The van der Waals surface area contributed by atoms with Crippen LogP contribution in [0.3, 0.4) is 0 Å². The van der Waals surface area contributed by atoms with E-state index >= 15 is 0 Å². The van der Waals surface area contributed by atoms with Crippen molar-refractivity contribution in [3.8, 4) is 0 Å². The molecule has 1 atom stereocenters. The summed E-state index contributed by atoms with van der Waals surface area (Å²) in [5.74, 6) is 1.86. The van der Waals surface area contributed by atoms with Crippen LogP contribution in [0.2, 0.25) is 0 Å². The standard InChI is InChI=1S/C13H22N2O2/c1-5-8-14-13(16)11(3)15(4)9-12-7-6-10(2)17-12/h6-7,11H,5,8-9H2,1-4H3,(H,14,16). The van der Waals surface area contributed by atoms with Gasteiger partial charge >= 0.3 is 0 Å². The Hall–Kier alpha value is -1.29. The number of carbonyl (C=O) groups excluding carboxylic acids is 1. The average Bonchev–Trinajstić information content (AvgIpc) is 2.70. The molecule has 0 spiro atoms. The Morgan fingerprint density at radius 3 is 2.76 bits per heavy atom. The molecule has 1 N–H and O–H groups in total. The molecule has 1 aromatic rings. The SMILES string of the molecule is CCCNC(=O)C(C)N(C)Cc1ccc(C)o1. The Morgan fingerprint density at radius 1 is 1.53 bits per heavy atom. The molecule has 0 aliphatic heterocycles. The Balaban J connectivity index is 2.46. The van der Waals surface area contributed by atoms with Crippen molar-refractivity contribution in [1.82, 2.24) is 10.2 Å². The summed E-state index contributed by atoms with van der Waals surface area (Å²) < 4.78 is 5.49. The fourth-order valence-electron chi connectivity index (χ4n) is 1.55. The maximum Gasteiger partial charge on any atom is 0.237 e. The molecule has 4 nitrogen and oxygen atoms in total. The number of nitrogens with one attached hydrogen (secondary N) is 1. The minimum atomic E-state index is -0.146. The van der Waals surface area contributed by atoms with E-state index in [0.717, 1.165) is 24.5 Å². The minimum Gasteiger partial charge on any atom is -0.465 e. The molecule has 0 saturated heterocycles. The third kappa shape index (κ3) is 4.23. The molecule has 1 aromatic heterocycles. The highest BCUT2D eigenvalue weighted by Crippen LogP contribution is 2.10. The van der Waals surface area contributed by atoms with Crippen LogP contribution < -0.4 is 5.32 Å². The van der Waals surface area contributed by atoms with E-state index in [2.05, 4.69) is 5.32 Å². The largest absolute Gasteiger partial charge is 0.465 e. The molecule has 0 radical (unpaired) electrons. The molecule has 17 heavy (non-hydrogen) atoms. The van der Waals surface area contributed by atoms with Crippen molar-refractivity contribution in [2.24, 2.45) is 0 Å². The second-order valence-corrected chi connectivity index (χ2v) is 4.39. The highest BCUT2D eigenvalue weighted by atomic mass is 16.3. The number of hydrogen-bond acceptors (Lipinski definition) is 3. The highest BCUT2D eigenvalue weighted by Gasteiger charge is 2.18. The summed E-state index contributed by atoms with van der Waals surface area (Å²) in [4.78, 5) is 13.7. The molecule has 4 heteroatoms. The number of rotatable bonds is 6. The van der Waals surface area contributed by atoms with Gasteiger partial charge in [-0.25, -0.2) is 0 Å². The van der Waals surface area contributed by atoms with Crippen molar-refractivity contribution in [3.63, 3.8) is 0 Å². The van der Waals surface area contributed by atoms with Crippen molar-refractivity contribution >= 4 is 5.91 Å². The van der Waals surface area contributed by atoms with Gasteiger partial charge in [0, 0.05) is 6.54 Å². The first-order valence-electron chi connectivity index (χ1n) is 6.07. The zero-order valence-electron chi connectivity index (χ0n) is 11.1. The number of furan rings is 1. The van der Waals surface area contributed by atoms with Crippen molar-refractivity contribution in [1.29, 1.82) is 0 Å². The third-order valence-electron chi connectivity index (χ3n) is 2.79. The van der Waals surface area contributed by atoms with Gasteiger partial charge in [0.05, 0.1) is 12.6 Å². The van der Waals surface area contributed by atoms with Crippen molar-refractivity contribution < 1.29 is 9.21 Å². The monoisotopic (exact) mass is 238 g/mol. The average molecular weight is 238 g/mol. The number of hydrogen-bond donors (Lipinski definition) is 1. The molecule has 1 heterocycles. The molecule has 0 bridgehead atoms. The van der Waals surface area contributed by atoms with Gasteiger partial charge in [0.25, 0.3) is 0 Å². The van der Waals surface area contributed by atoms with Crippen LogP contribution in [0.5, 0.6) is 0 Å². The molecular weight excluding hydrogens is 216 g/mol. The van der Waals surface area contributed by atoms with E-state index in [-0.39, 0.29) is 11.9 Å². The van der Waals surface area contributed by atoms with Gasteiger partial charge in [-0.2, -0.15) is 0 Å². The zero-order chi connectivity index (χ0) is 12.8. The van der Waals surface area contributed by atoms with Gasteiger partial charge in [0.15, 0.2) is 0 Å². The Morgan fingerprint density at radius 2 is 2.24 bits per heavy atom. The van der Waals surface area contributed by atoms with Gasteiger partial charge in [-0.3, -0.25) is 9.69 Å². The molecule has 1 amide bonds. The molecule has 0 fully saturated rings. The first-order chi connectivity index (χ1) is 8.04. The Labute approximate surface area is 103 Å². The van der Waals surface area contributed by atoms with Crippen LogP contribution in [-0.4, -0.2) is 30.4 Å². The molecule has 1 unspecified atom stereocenters. The number of likely N-dealkylation sites (N-methyl/N-ethyl adjacent to an activating group) is 1. The van der Waals surface area contributed by atoms with E-state index in [0.29, 0.717) is 6.54 Å². The quantitative estimate of drug-likeness (QED) is 0.823. The minimum absolute atomic E-state index is 0.0672. The molecule has 0 aliphatic carbocycles. The lowest BCUT2D eigenvalue weighted by Gasteiger charge is -2.22. The van der Waals surface area contributed by atoms with Crippen LogP contribution in [0.4, 0.5) is 0 Å². The first-order valence-corrected chi connectivity index (χ1v) is 6.07. The normalized spacial score (nSPS) is 12.8. The second kappa shape index (κ2) is 6.45. The predicted molar refractivity (Wildman–Crippen MR) is 67.7 cm³/mol. The van der Waals surface area contributed by atoms with Crippen LogP contribution in [0.15, 0.2) is 16.5 Å². The topological polar surface area (TPSA) is 45.5 Å². The lowest BCUT2D eigenvalue weighted by Crippen LogP contribution is -2.43. The maximum absolute atomic E-state index is 11.8. The van der Waals surface area contributed by atoms with Gasteiger partial charge in [-0.15, -0.1) is 0 Å². The van der Waals surface area contributed by atoms with Gasteiger partial charge in [0.1, 0.15) is 11.5 Å². The van der Waals surface area contributed by atoms with Gasteiger partial charge in [-0.1, -0.05) is 6.92 Å². The van der Waals surface area contributed by atoms with Crippen LogP contribution in [0.1, 0.15) is 31.8 Å². The van der Waals surface area contributed by atoms with Crippen LogP contribution in [0, 0.1) is 6.92 Å². The first kappa shape index (κ1) is 13.8. The lowest BCUT2D eigenvalue weighted by atomic mass is 10.2. The van der Waals surface area contributed by atoms with E-state index in [1.165, 1.54) is 0 Å². The summed E-state index contributed by atoms with van der Waals surface area (Å²) in [6, 6.07) is 3.74. The molecular formula is C13H22N2O2. The van der Waals surface area contributed by atoms with Gasteiger partial charge in [0.2, 0.25) is 5.91 Å². The van der Waals surface area contributed by atoms with Crippen LogP contribution in [0.25, 0.3) is 0 Å². The van der Waals surface area contributed by atoms with Crippen molar-refractivity contribution in [2.75, 3.05) is 13.6 Å². The smallest absolute Gasteiger partial charge is 0.237 e. The summed E-state index contributed by atoms with van der Waals surface area (Å²) in [6.45, 7) is 7.24. The van der Waals surface area contributed by atoms with E-state index in [9.17, 15) is 4.79 Å². The van der Waals surface area contributed by atoms with E-state index in [1.807, 2.05) is 44.9 Å². The van der Waals surface area contributed by atoms with Crippen molar-refractivity contribution in [2.45, 2.75) is 39.8 Å². The fourth-order valence-corrected chi connectivity index (χ4v) is 1.55. The van der Waals surface area contributed by atoms with Crippen LogP contribution >= 0.6 is 0 Å². The molecule has 0 aromatic carbocycles. The Kier molecular flexibility index (Phi) is 5.22. The van der Waals surface area contributed by atoms with E-state index in [4.69, 9.17) is 4.42 Å². The van der Waals surface area contributed by atoms with Gasteiger partial charge in [-0.05, 0) is 39.4 Å². The van der Waals surface area contributed by atoms with Gasteiger partial charge < -0.3 is 9.73 Å². The summed E-state index contributed by atoms with van der Waals surface area (Å²) in [5.41, 5.74) is 0. The summed E-state index contributed by atoms with van der Waals surface area (Å²) in [7, 11) is 1.92. The molecule has 96 valence electrons. The second-order valence-electron chi connectivity index (χ2n) is 4.39. The number of amides is 1. The predicted octanol–water partition coefficient (Wildman–Crippen LogP) is 1.93. The van der Waals surface area contributed by atoms with E-state index in [1.54, 1.807) is 0 Å². The van der Waals surface area contributed by atoms with E-state index < -0.39 is 0 Å². The van der Waals surface area contributed by atoms with Crippen LogP contribution in [-0.2, 0) is 11.3 Å². The zero-order valence-corrected chi connectivity index (χ0v) is 11.1. The lowest BCUT2D eigenvalue weighted by molar-refractivity contribution is -0.125. The maximum atomic E-state index is 11.8. The fraction of sp³-hybridized carbons (Fsp3) is 0.615. The summed E-state index contributed by atoms with van der Waals surface area (Å²) >= 11 is 0. The van der Waals surface area contributed by atoms with Crippen molar-refractivity contribution in [3.05, 3.63) is 23.7 Å². The molecule has 1 rings (SSSR count). The Bertz CT molecular complexity index is 360. The number of aryl methyl sites for hydroxylation is 1.